The Morgan fingerprint density at radius 2 is 1.65 bits per heavy atom. The maximum Gasteiger partial charge on any atom is 0.250 e. The van der Waals surface area contributed by atoms with Crippen molar-refractivity contribution in [3.05, 3.63) is 72.0 Å². The van der Waals surface area contributed by atoms with Crippen molar-refractivity contribution in [1.29, 1.82) is 0 Å². The van der Waals surface area contributed by atoms with Crippen LogP contribution in [0.3, 0.4) is 0 Å². The van der Waals surface area contributed by atoms with Crippen LogP contribution in [0.2, 0.25) is 0 Å². The monoisotopic (exact) mass is 304 g/mol. The van der Waals surface area contributed by atoms with Crippen LogP contribution in [0, 0.1) is 5.82 Å². The van der Waals surface area contributed by atoms with E-state index in [1.165, 1.54) is 6.07 Å². The van der Waals surface area contributed by atoms with Crippen molar-refractivity contribution in [3.63, 3.8) is 0 Å². The van der Waals surface area contributed by atoms with Crippen LogP contribution in [-0.2, 0) is 0 Å². The lowest BCUT2D eigenvalue weighted by molar-refractivity contribution is 0.100. The molecule has 1 heterocycles. The van der Waals surface area contributed by atoms with Crippen LogP contribution in [0.1, 0.15) is 10.4 Å². The Balaban J connectivity index is 2.20. The number of benzene rings is 3. The third-order valence-corrected chi connectivity index (χ3v) is 4.09. The first-order valence-corrected chi connectivity index (χ1v) is 7.25. The summed E-state index contributed by atoms with van der Waals surface area (Å²) in [6, 6.07) is 17.7. The van der Waals surface area contributed by atoms with Gasteiger partial charge in [-0.2, -0.15) is 0 Å². The molecule has 23 heavy (non-hydrogen) atoms. The van der Waals surface area contributed by atoms with Crippen LogP contribution < -0.4 is 5.73 Å². The Bertz CT molecular complexity index is 1070. The van der Waals surface area contributed by atoms with Crippen LogP contribution in [0.15, 0.2) is 60.7 Å². The summed E-state index contributed by atoms with van der Waals surface area (Å²) in [7, 11) is 0. The van der Waals surface area contributed by atoms with E-state index in [9.17, 15) is 9.18 Å². The van der Waals surface area contributed by atoms with Gasteiger partial charge in [0.05, 0.1) is 11.1 Å². The first kappa shape index (κ1) is 13.5. The van der Waals surface area contributed by atoms with E-state index >= 15 is 0 Å². The van der Waals surface area contributed by atoms with Gasteiger partial charge in [-0.15, -0.1) is 0 Å². The molecule has 0 radical (unpaired) electrons. The second-order valence-electron chi connectivity index (χ2n) is 5.43. The highest BCUT2D eigenvalue weighted by Crippen LogP contribution is 2.37. The first-order chi connectivity index (χ1) is 11.2. The fourth-order valence-corrected chi connectivity index (χ4v) is 3.07. The SMILES string of the molecule is NC(=O)c1ccc(-c2ccccc2F)c2c1[nH]c1ccccc12. The molecule has 4 heteroatoms. The van der Waals surface area contributed by atoms with Gasteiger partial charge in [-0.05, 0) is 23.8 Å². The molecule has 0 fully saturated rings. The molecule has 4 rings (SSSR count). The number of halogens is 1. The third-order valence-electron chi connectivity index (χ3n) is 4.09. The number of fused-ring (bicyclic) bond motifs is 3. The molecule has 3 aromatic carbocycles. The summed E-state index contributed by atoms with van der Waals surface area (Å²) in [6.07, 6.45) is 0. The highest BCUT2D eigenvalue weighted by atomic mass is 19.1. The van der Waals surface area contributed by atoms with Crippen LogP contribution in [0.4, 0.5) is 4.39 Å². The summed E-state index contributed by atoms with van der Waals surface area (Å²) in [5, 5.41) is 1.74. The predicted octanol–water partition coefficient (Wildman–Crippen LogP) is 4.23. The van der Waals surface area contributed by atoms with Crippen LogP contribution in [0.5, 0.6) is 0 Å². The van der Waals surface area contributed by atoms with Crippen LogP contribution in [-0.4, -0.2) is 10.9 Å². The molecule has 0 aliphatic rings. The van der Waals surface area contributed by atoms with Gasteiger partial charge in [0, 0.05) is 21.9 Å². The molecule has 0 aliphatic heterocycles. The molecule has 3 N–H and O–H groups in total. The smallest absolute Gasteiger partial charge is 0.250 e. The lowest BCUT2D eigenvalue weighted by Crippen LogP contribution is -2.11. The number of carbonyl (C=O) groups is 1. The normalized spacial score (nSPS) is 11.2. The molecule has 0 saturated heterocycles. The number of primary amides is 1. The van der Waals surface area contributed by atoms with Gasteiger partial charge < -0.3 is 10.7 Å². The van der Waals surface area contributed by atoms with Crippen molar-refractivity contribution in [2.45, 2.75) is 0 Å². The summed E-state index contributed by atoms with van der Waals surface area (Å²) in [5.41, 5.74) is 8.64. The van der Waals surface area contributed by atoms with Crippen molar-refractivity contribution in [2.75, 3.05) is 0 Å². The van der Waals surface area contributed by atoms with Gasteiger partial charge in [-0.3, -0.25) is 4.79 Å². The summed E-state index contributed by atoms with van der Waals surface area (Å²) in [5.74, 6) is -0.812. The molecule has 0 spiro atoms. The highest BCUT2D eigenvalue weighted by Gasteiger charge is 2.17. The lowest BCUT2D eigenvalue weighted by atomic mass is 9.96. The molecule has 0 bridgehead atoms. The van der Waals surface area contributed by atoms with Crippen LogP contribution in [0.25, 0.3) is 32.9 Å². The number of carbonyl (C=O) groups excluding carboxylic acids is 1. The number of hydrogen-bond acceptors (Lipinski definition) is 1. The van der Waals surface area contributed by atoms with E-state index in [0.717, 1.165) is 21.9 Å². The Morgan fingerprint density at radius 3 is 2.43 bits per heavy atom. The van der Waals surface area contributed by atoms with Gasteiger partial charge in [0.25, 0.3) is 5.91 Å². The van der Waals surface area contributed by atoms with Crippen LogP contribution >= 0.6 is 0 Å². The van der Waals surface area contributed by atoms with E-state index in [0.29, 0.717) is 16.6 Å². The number of para-hydroxylation sites is 1. The molecule has 0 saturated carbocycles. The Morgan fingerprint density at radius 1 is 0.913 bits per heavy atom. The van der Waals surface area contributed by atoms with E-state index in [2.05, 4.69) is 4.98 Å². The average Bonchev–Trinajstić information content (AvgIpc) is 2.94. The zero-order valence-electron chi connectivity index (χ0n) is 12.1. The van der Waals surface area contributed by atoms with Gasteiger partial charge >= 0.3 is 0 Å². The first-order valence-electron chi connectivity index (χ1n) is 7.25. The topological polar surface area (TPSA) is 58.9 Å². The molecule has 0 atom stereocenters. The molecule has 3 nitrogen and oxygen atoms in total. The summed E-state index contributed by atoms with van der Waals surface area (Å²) in [4.78, 5) is 15.0. The van der Waals surface area contributed by atoms with Gasteiger partial charge in [0.15, 0.2) is 0 Å². The molecule has 1 amide bonds. The number of aromatic nitrogens is 1. The molecule has 1 aromatic heterocycles. The minimum atomic E-state index is -0.512. The van der Waals surface area contributed by atoms with Crippen molar-refractivity contribution in [3.8, 4) is 11.1 Å². The zero-order valence-corrected chi connectivity index (χ0v) is 12.1. The number of nitrogens with one attached hydrogen (secondary N) is 1. The molecule has 4 aromatic rings. The predicted molar refractivity (Wildman–Crippen MR) is 89.7 cm³/mol. The largest absolute Gasteiger partial charge is 0.366 e. The van der Waals surface area contributed by atoms with E-state index < -0.39 is 5.91 Å². The van der Waals surface area contributed by atoms with Crippen molar-refractivity contribution >= 4 is 27.7 Å². The number of rotatable bonds is 2. The van der Waals surface area contributed by atoms with Gasteiger partial charge in [0.1, 0.15) is 5.82 Å². The third kappa shape index (κ3) is 1.99. The molecule has 0 aliphatic carbocycles. The maximum absolute atomic E-state index is 14.3. The number of aromatic amines is 1. The van der Waals surface area contributed by atoms with Gasteiger partial charge in [-0.25, -0.2) is 4.39 Å². The summed E-state index contributed by atoms with van der Waals surface area (Å²) >= 11 is 0. The van der Waals surface area contributed by atoms with Crippen molar-refractivity contribution in [2.24, 2.45) is 5.73 Å². The molecular weight excluding hydrogens is 291 g/mol. The van der Waals surface area contributed by atoms with Gasteiger partial charge in [-0.1, -0.05) is 42.5 Å². The number of H-pyrrole nitrogens is 1. The zero-order chi connectivity index (χ0) is 16.0. The minimum absolute atomic E-state index is 0.300. The Kier molecular flexibility index (Phi) is 2.91. The molecular formula is C19H13FN2O. The Labute approximate surface area is 131 Å². The lowest BCUT2D eigenvalue weighted by Gasteiger charge is -2.08. The maximum atomic E-state index is 14.3. The fraction of sp³-hybridized carbons (Fsp3) is 0. The minimum Gasteiger partial charge on any atom is -0.366 e. The number of nitrogens with two attached hydrogens (primary N) is 1. The molecule has 112 valence electrons. The fourth-order valence-electron chi connectivity index (χ4n) is 3.07. The van der Waals surface area contributed by atoms with E-state index in [4.69, 9.17) is 5.73 Å². The average molecular weight is 304 g/mol. The summed E-state index contributed by atoms with van der Waals surface area (Å²) in [6.45, 7) is 0. The van der Waals surface area contributed by atoms with Crippen molar-refractivity contribution < 1.29 is 9.18 Å². The highest BCUT2D eigenvalue weighted by molar-refractivity contribution is 6.19. The second-order valence-corrected chi connectivity index (χ2v) is 5.43. The van der Waals surface area contributed by atoms with Gasteiger partial charge in [0.2, 0.25) is 0 Å². The standard InChI is InChI=1S/C19H13FN2O/c20-15-7-3-1-5-11(15)12-9-10-14(19(21)23)18-17(12)13-6-2-4-8-16(13)22-18/h1-10,22H,(H2,21,23). The van der Waals surface area contributed by atoms with E-state index in [1.54, 1.807) is 30.3 Å². The van der Waals surface area contributed by atoms with E-state index in [-0.39, 0.29) is 5.82 Å². The Hall–Kier alpha value is -3.14. The quantitative estimate of drug-likeness (QED) is 0.572. The van der Waals surface area contributed by atoms with E-state index in [1.807, 2.05) is 24.3 Å². The summed E-state index contributed by atoms with van der Waals surface area (Å²) < 4.78 is 14.3. The number of amides is 1. The molecule has 0 unspecified atom stereocenters. The number of hydrogen-bond donors (Lipinski definition) is 2. The van der Waals surface area contributed by atoms with Crippen molar-refractivity contribution in [1.82, 2.24) is 4.98 Å². The second kappa shape index (κ2) is 4.95.